The van der Waals surface area contributed by atoms with Gasteiger partial charge in [-0.05, 0) is 52.8 Å². The molecule has 1 fully saturated rings. The van der Waals surface area contributed by atoms with E-state index in [9.17, 15) is 9.59 Å². The molecule has 2 rings (SSSR count). The number of carbonyl (C=O) groups excluding carboxylic acids is 2. The molecule has 132 valence electrons. The van der Waals surface area contributed by atoms with Crippen LogP contribution in [-0.4, -0.2) is 47.8 Å². The maximum absolute atomic E-state index is 12.7. The van der Waals surface area contributed by atoms with E-state index < -0.39 is 11.7 Å². The van der Waals surface area contributed by atoms with Crippen LogP contribution in [0, 0.1) is 0 Å². The van der Waals surface area contributed by atoms with Crippen molar-refractivity contribution in [2.45, 2.75) is 52.4 Å². The van der Waals surface area contributed by atoms with Crippen molar-refractivity contribution in [2.75, 3.05) is 18.5 Å². The van der Waals surface area contributed by atoms with Crippen LogP contribution in [0.25, 0.3) is 0 Å². The molecule has 0 saturated carbocycles. The normalized spacial score (nSPS) is 21.3. The van der Waals surface area contributed by atoms with E-state index in [4.69, 9.17) is 9.47 Å². The summed E-state index contributed by atoms with van der Waals surface area (Å²) in [7, 11) is 0. The third-order valence-corrected chi connectivity index (χ3v) is 3.62. The number of morpholine rings is 1. The van der Waals surface area contributed by atoms with E-state index >= 15 is 0 Å². The first-order valence-corrected chi connectivity index (χ1v) is 8.18. The molecular weight excluding hydrogens is 308 g/mol. The monoisotopic (exact) mass is 334 g/mol. The minimum Gasteiger partial charge on any atom is -0.444 e. The van der Waals surface area contributed by atoms with Crippen molar-refractivity contribution in [3.8, 4) is 0 Å². The zero-order chi connectivity index (χ0) is 17.9. The molecule has 2 amide bonds. The molecule has 1 aliphatic heterocycles. The summed E-state index contributed by atoms with van der Waals surface area (Å²) >= 11 is 0. The summed E-state index contributed by atoms with van der Waals surface area (Å²) in [6.45, 7) is 10.4. The minimum absolute atomic E-state index is 0.0215. The first kappa shape index (κ1) is 18.3. The van der Waals surface area contributed by atoms with Crippen LogP contribution in [0.1, 0.15) is 45.0 Å². The Morgan fingerprint density at radius 3 is 2.67 bits per heavy atom. The van der Waals surface area contributed by atoms with Gasteiger partial charge in [-0.1, -0.05) is 6.07 Å². The topological polar surface area (TPSA) is 67.9 Å². The Balaban J connectivity index is 2.09. The van der Waals surface area contributed by atoms with E-state index in [2.05, 4.69) is 5.32 Å². The quantitative estimate of drug-likeness (QED) is 0.901. The Morgan fingerprint density at radius 1 is 1.29 bits per heavy atom. The lowest BCUT2D eigenvalue weighted by Gasteiger charge is -2.36. The van der Waals surface area contributed by atoms with E-state index in [0.717, 1.165) is 0 Å². The second-order valence-corrected chi connectivity index (χ2v) is 7.16. The molecule has 1 saturated heterocycles. The Morgan fingerprint density at radius 2 is 2.00 bits per heavy atom. The predicted molar refractivity (Wildman–Crippen MR) is 92.2 cm³/mol. The SMILES string of the molecule is CC1CN(C(=O)c2cccc(NC(=O)OC(C)(C)C)c2)C(C)CO1. The second-order valence-electron chi connectivity index (χ2n) is 7.16. The average molecular weight is 334 g/mol. The number of ether oxygens (including phenoxy) is 2. The molecular formula is C18H26N2O4. The van der Waals surface area contributed by atoms with Gasteiger partial charge in [0.15, 0.2) is 0 Å². The molecule has 2 unspecified atom stereocenters. The van der Waals surface area contributed by atoms with Crippen LogP contribution in [0.5, 0.6) is 0 Å². The largest absolute Gasteiger partial charge is 0.444 e. The third kappa shape index (κ3) is 4.96. The van der Waals surface area contributed by atoms with Crippen LogP contribution in [0.3, 0.4) is 0 Å². The van der Waals surface area contributed by atoms with E-state index in [0.29, 0.717) is 24.4 Å². The van der Waals surface area contributed by atoms with Crippen molar-refractivity contribution in [1.82, 2.24) is 4.90 Å². The molecule has 0 aliphatic carbocycles. The number of nitrogens with one attached hydrogen (secondary N) is 1. The van der Waals surface area contributed by atoms with Crippen molar-refractivity contribution >= 4 is 17.7 Å². The van der Waals surface area contributed by atoms with E-state index in [1.54, 1.807) is 49.9 Å². The van der Waals surface area contributed by atoms with Gasteiger partial charge in [0, 0.05) is 17.8 Å². The zero-order valence-corrected chi connectivity index (χ0v) is 15.0. The van der Waals surface area contributed by atoms with Gasteiger partial charge in [-0.25, -0.2) is 4.79 Å². The number of hydrogen-bond acceptors (Lipinski definition) is 4. The summed E-state index contributed by atoms with van der Waals surface area (Å²) in [5, 5.41) is 2.66. The van der Waals surface area contributed by atoms with Crippen LogP contribution in [0.15, 0.2) is 24.3 Å². The molecule has 1 aliphatic rings. The second kappa shape index (κ2) is 7.21. The lowest BCUT2D eigenvalue weighted by atomic mass is 10.1. The Bertz CT molecular complexity index is 609. The van der Waals surface area contributed by atoms with Crippen LogP contribution in [0.2, 0.25) is 0 Å². The molecule has 0 aromatic heterocycles. The van der Waals surface area contributed by atoms with Gasteiger partial charge >= 0.3 is 6.09 Å². The molecule has 0 radical (unpaired) electrons. The Hall–Kier alpha value is -2.08. The van der Waals surface area contributed by atoms with Crippen LogP contribution in [-0.2, 0) is 9.47 Å². The van der Waals surface area contributed by atoms with Crippen molar-refractivity contribution in [1.29, 1.82) is 0 Å². The maximum atomic E-state index is 12.7. The first-order valence-electron chi connectivity index (χ1n) is 8.18. The fourth-order valence-corrected chi connectivity index (χ4v) is 2.50. The van der Waals surface area contributed by atoms with Crippen LogP contribution < -0.4 is 5.32 Å². The van der Waals surface area contributed by atoms with Gasteiger partial charge < -0.3 is 14.4 Å². The predicted octanol–water partition coefficient (Wildman–Crippen LogP) is 3.28. The van der Waals surface area contributed by atoms with Crippen molar-refractivity contribution in [3.05, 3.63) is 29.8 Å². The minimum atomic E-state index is -0.573. The maximum Gasteiger partial charge on any atom is 0.412 e. The molecule has 0 spiro atoms. The molecule has 0 bridgehead atoms. The lowest BCUT2D eigenvalue weighted by molar-refractivity contribution is -0.0387. The number of amides is 2. The van der Waals surface area contributed by atoms with Gasteiger partial charge in [0.2, 0.25) is 0 Å². The molecule has 6 heteroatoms. The Labute approximate surface area is 143 Å². The number of rotatable bonds is 2. The first-order chi connectivity index (χ1) is 11.2. The zero-order valence-electron chi connectivity index (χ0n) is 15.0. The fourth-order valence-electron chi connectivity index (χ4n) is 2.50. The van der Waals surface area contributed by atoms with Crippen LogP contribution in [0.4, 0.5) is 10.5 Å². The van der Waals surface area contributed by atoms with E-state index in [-0.39, 0.29) is 18.1 Å². The van der Waals surface area contributed by atoms with Gasteiger partial charge in [0.1, 0.15) is 5.60 Å². The molecule has 6 nitrogen and oxygen atoms in total. The van der Waals surface area contributed by atoms with E-state index in [1.807, 2.05) is 13.8 Å². The molecule has 1 aromatic carbocycles. The van der Waals surface area contributed by atoms with Crippen molar-refractivity contribution in [2.24, 2.45) is 0 Å². The van der Waals surface area contributed by atoms with E-state index in [1.165, 1.54) is 0 Å². The smallest absolute Gasteiger partial charge is 0.412 e. The van der Waals surface area contributed by atoms with Crippen molar-refractivity contribution < 1.29 is 19.1 Å². The summed E-state index contributed by atoms with van der Waals surface area (Å²) in [4.78, 5) is 26.4. The molecule has 1 aromatic rings. The average Bonchev–Trinajstić information content (AvgIpc) is 2.47. The van der Waals surface area contributed by atoms with Crippen LogP contribution >= 0.6 is 0 Å². The Kier molecular flexibility index (Phi) is 5.49. The number of nitrogens with zero attached hydrogens (tertiary/aromatic N) is 1. The molecule has 1 N–H and O–H groups in total. The standard InChI is InChI=1S/C18H26N2O4/c1-12-11-23-13(2)10-20(12)16(21)14-7-6-8-15(9-14)19-17(22)24-18(3,4)5/h6-9,12-13H,10-11H2,1-5H3,(H,19,22). The van der Waals surface area contributed by atoms with Gasteiger partial charge in [-0.15, -0.1) is 0 Å². The summed E-state index contributed by atoms with van der Waals surface area (Å²) in [6.07, 6.45) is -0.520. The van der Waals surface area contributed by atoms with Gasteiger partial charge in [0.05, 0.1) is 18.8 Å². The lowest BCUT2D eigenvalue weighted by Crippen LogP contribution is -2.50. The highest BCUT2D eigenvalue weighted by Crippen LogP contribution is 2.18. The highest BCUT2D eigenvalue weighted by atomic mass is 16.6. The summed E-state index contributed by atoms with van der Waals surface area (Å²) < 4.78 is 10.8. The number of carbonyl (C=O) groups is 2. The van der Waals surface area contributed by atoms with Gasteiger partial charge in [0.25, 0.3) is 5.91 Å². The fraction of sp³-hybridized carbons (Fsp3) is 0.556. The number of hydrogen-bond donors (Lipinski definition) is 1. The highest BCUT2D eigenvalue weighted by molar-refractivity contribution is 5.96. The summed E-state index contributed by atoms with van der Waals surface area (Å²) in [6, 6.07) is 6.91. The summed E-state index contributed by atoms with van der Waals surface area (Å²) in [5.74, 6) is -0.0644. The molecule has 1 heterocycles. The number of benzene rings is 1. The van der Waals surface area contributed by atoms with Gasteiger partial charge in [-0.2, -0.15) is 0 Å². The van der Waals surface area contributed by atoms with Crippen molar-refractivity contribution in [3.63, 3.8) is 0 Å². The highest BCUT2D eigenvalue weighted by Gasteiger charge is 2.28. The third-order valence-electron chi connectivity index (χ3n) is 3.62. The number of anilines is 1. The summed E-state index contributed by atoms with van der Waals surface area (Å²) in [5.41, 5.74) is 0.491. The van der Waals surface area contributed by atoms with Gasteiger partial charge in [-0.3, -0.25) is 10.1 Å². The molecule has 2 atom stereocenters. The molecule has 24 heavy (non-hydrogen) atoms.